The summed E-state index contributed by atoms with van der Waals surface area (Å²) in [5.74, 6) is 1.30. The van der Waals surface area contributed by atoms with Gasteiger partial charge < -0.3 is 10.5 Å². The molecular formula is C14H15BrN2O. The average molecular weight is 307 g/mol. The Morgan fingerprint density at radius 2 is 2.06 bits per heavy atom. The van der Waals surface area contributed by atoms with Crippen LogP contribution in [0.1, 0.15) is 24.1 Å². The Hall–Kier alpha value is -1.39. The van der Waals surface area contributed by atoms with Crippen molar-refractivity contribution in [1.29, 1.82) is 0 Å². The number of hydrogen-bond donors (Lipinski definition) is 1. The molecule has 0 fully saturated rings. The van der Waals surface area contributed by atoms with Gasteiger partial charge in [-0.15, -0.1) is 0 Å². The number of pyridine rings is 1. The highest BCUT2D eigenvalue weighted by molar-refractivity contribution is 9.10. The van der Waals surface area contributed by atoms with Crippen LogP contribution in [0.15, 0.2) is 41.0 Å². The molecule has 0 aliphatic heterocycles. The maximum Gasteiger partial charge on any atom is 0.219 e. The molecule has 1 heterocycles. The zero-order valence-electron chi connectivity index (χ0n) is 10.4. The lowest BCUT2D eigenvalue weighted by molar-refractivity contribution is 0.458. The number of halogens is 1. The maximum atomic E-state index is 5.83. The Labute approximate surface area is 115 Å². The molecule has 18 heavy (non-hydrogen) atoms. The summed E-state index contributed by atoms with van der Waals surface area (Å²) in [6, 6.07) is 9.63. The molecule has 0 amide bonds. The Bertz CT molecular complexity index is 555. The van der Waals surface area contributed by atoms with Crippen molar-refractivity contribution in [3.63, 3.8) is 0 Å². The van der Waals surface area contributed by atoms with Crippen LogP contribution in [0, 0.1) is 6.92 Å². The highest BCUT2D eigenvalue weighted by Gasteiger charge is 2.06. The van der Waals surface area contributed by atoms with Crippen LogP contribution in [0.2, 0.25) is 0 Å². The van der Waals surface area contributed by atoms with Crippen LogP contribution in [-0.4, -0.2) is 4.98 Å². The monoisotopic (exact) mass is 306 g/mol. The van der Waals surface area contributed by atoms with Crippen molar-refractivity contribution in [1.82, 2.24) is 4.98 Å². The van der Waals surface area contributed by atoms with Gasteiger partial charge in [-0.05, 0) is 59.1 Å². The summed E-state index contributed by atoms with van der Waals surface area (Å²) in [6.45, 7) is 3.96. The normalized spacial score (nSPS) is 12.2. The summed E-state index contributed by atoms with van der Waals surface area (Å²) in [5.41, 5.74) is 8.01. The van der Waals surface area contributed by atoms with Crippen molar-refractivity contribution in [3.05, 3.63) is 52.1 Å². The number of nitrogens with two attached hydrogens (primary N) is 1. The second-order valence-electron chi connectivity index (χ2n) is 4.25. The maximum absolute atomic E-state index is 5.83. The predicted octanol–water partition coefficient (Wildman–Crippen LogP) is 3.96. The van der Waals surface area contributed by atoms with Gasteiger partial charge in [-0.3, -0.25) is 0 Å². The van der Waals surface area contributed by atoms with Gasteiger partial charge in [0.1, 0.15) is 5.75 Å². The van der Waals surface area contributed by atoms with E-state index in [1.807, 2.05) is 44.2 Å². The molecule has 0 saturated carbocycles. The minimum atomic E-state index is -0.0307. The van der Waals surface area contributed by atoms with Gasteiger partial charge in [-0.2, -0.15) is 0 Å². The number of aromatic nitrogens is 1. The molecule has 0 spiro atoms. The quantitative estimate of drug-likeness (QED) is 0.933. The number of ether oxygens (including phenoxy) is 1. The van der Waals surface area contributed by atoms with Gasteiger partial charge in [0.2, 0.25) is 5.88 Å². The van der Waals surface area contributed by atoms with Gasteiger partial charge in [-0.25, -0.2) is 4.98 Å². The van der Waals surface area contributed by atoms with Crippen LogP contribution in [0.25, 0.3) is 0 Å². The van der Waals surface area contributed by atoms with Crippen LogP contribution in [-0.2, 0) is 0 Å². The molecule has 0 aliphatic carbocycles. The molecule has 1 atom stereocenters. The van der Waals surface area contributed by atoms with E-state index >= 15 is 0 Å². The van der Waals surface area contributed by atoms with Crippen molar-refractivity contribution in [2.24, 2.45) is 5.73 Å². The highest BCUT2D eigenvalue weighted by atomic mass is 79.9. The average Bonchev–Trinajstić information content (AvgIpc) is 2.33. The molecule has 4 heteroatoms. The van der Waals surface area contributed by atoms with Gasteiger partial charge in [0, 0.05) is 18.3 Å². The SMILES string of the molecule is Cc1ccc(Oc2cc([C@H](C)N)ccn2)c(Br)c1. The number of rotatable bonds is 3. The number of aryl methyl sites for hydroxylation is 1. The van der Waals surface area contributed by atoms with Crippen LogP contribution >= 0.6 is 15.9 Å². The molecule has 0 bridgehead atoms. The van der Waals surface area contributed by atoms with Crippen molar-refractivity contribution in [2.75, 3.05) is 0 Å². The van der Waals surface area contributed by atoms with Crippen LogP contribution in [0.4, 0.5) is 0 Å². The number of nitrogens with zero attached hydrogens (tertiary/aromatic N) is 1. The summed E-state index contributed by atoms with van der Waals surface area (Å²) in [7, 11) is 0. The summed E-state index contributed by atoms with van der Waals surface area (Å²) in [4.78, 5) is 4.18. The summed E-state index contributed by atoms with van der Waals surface area (Å²) < 4.78 is 6.65. The van der Waals surface area contributed by atoms with Crippen LogP contribution in [0.5, 0.6) is 11.6 Å². The van der Waals surface area contributed by atoms with Crippen molar-refractivity contribution < 1.29 is 4.74 Å². The highest BCUT2D eigenvalue weighted by Crippen LogP contribution is 2.30. The van der Waals surface area contributed by atoms with Gasteiger partial charge in [-0.1, -0.05) is 6.07 Å². The van der Waals surface area contributed by atoms with E-state index in [0.29, 0.717) is 5.88 Å². The van der Waals surface area contributed by atoms with E-state index in [4.69, 9.17) is 10.5 Å². The van der Waals surface area contributed by atoms with E-state index in [9.17, 15) is 0 Å². The summed E-state index contributed by atoms with van der Waals surface area (Å²) in [5, 5.41) is 0. The Kier molecular flexibility index (Phi) is 3.99. The smallest absolute Gasteiger partial charge is 0.219 e. The number of hydrogen-bond acceptors (Lipinski definition) is 3. The van der Waals surface area contributed by atoms with E-state index in [1.54, 1.807) is 6.20 Å². The van der Waals surface area contributed by atoms with Gasteiger partial charge in [0.05, 0.1) is 4.47 Å². The minimum absolute atomic E-state index is 0.0307. The molecule has 1 aromatic heterocycles. The third-order valence-electron chi connectivity index (χ3n) is 2.59. The Morgan fingerprint density at radius 1 is 1.28 bits per heavy atom. The van der Waals surface area contributed by atoms with E-state index in [2.05, 4.69) is 20.9 Å². The van der Waals surface area contributed by atoms with E-state index in [0.717, 1.165) is 15.8 Å². The Balaban J connectivity index is 2.25. The molecule has 1 aromatic carbocycles. The first-order valence-corrected chi connectivity index (χ1v) is 6.51. The fourth-order valence-corrected chi connectivity index (χ4v) is 2.14. The lowest BCUT2D eigenvalue weighted by atomic mass is 10.1. The summed E-state index contributed by atoms with van der Waals surface area (Å²) >= 11 is 3.47. The van der Waals surface area contributed by atoms with Crippen molar-refractivity contribution >= 4 is 15.9 Å². The standard InChI is InChI=1S/C14H15BrN2O/c1-9-3-4-13(12(15)7-9)18-14-8-11(10(2)16)5-6-17-14/h3-8,10H,16H2,1-2H3/t10-/m0/s1. The molecule has 2 N–H and O–H groups in total. The first kappa shape index (κ1) is 13.1. The first-order valence-electron chi connectivity index (χ1n) is 5.72. The molecule has 94 valence electrons. The predicted molar refractivity (Wildman–Crippen MR) is 75.8 cm³/mol. The van der Waals surface area contributed by atoms with E-state index < -0.39 is 0 Å². The minimum Gasteiger partial charge on any atom is -0.438 e. The molecular weight excluding hydrogens is 292 g/mol. The van der Waals surface area contributed by atoms with Crippen LogP contribution in [0.3, 0.4) is 0 Å². The zero-order chi connectivity index (χ0) is 13.1. The molecule has 3 nitrogen and oxygen atoms in total. The summed E-state index contributed by atoms with van der Waals surface area (Å²) in [6.07, 6.45) is 1.70. The lowest BCUT2D eigenvalue weighted by Crippen LogP contribution is -2.05. The van der Waals surface area contributed by atoms with Gasteiger partial charge in [0.25, 0.3) is 0 Å². The molecule has 0 radical (unpaired) electrons. The van der Waals surface area contributed by atoms with E-state index in [1.165, 1.54) is 5.56 Å². The fourth-order valence-electron chi connectivity index (χ4n) is 1.57. The molecule has 2 aromatic rings. The lowest BCUT2D eigenvalue weighted by Gasteiger charge is -2.10. The molecule has 2 rings (SSSR count). The topological polar surface area (TPSA) is 48.1 Å². The second kappa shape index (κ2) is 5.50. The Morgan fingerprint density at radius 3 is 2.72 bits per heavy atom. The molecule has 0 aliphatic rings. The van der Waals surface area contributed by atoms with E-state index in [-0.39, 0.29) is 6.04 Å². The van der Waals surface area contributed by atoms with Gasteiger partial charge >= 0.3 is 0 Å². The fraction of sp³-hybridized carbons (Fsp3) is 0.214. The molecule has 0 unspecified atom stereocenters. The zero-order valence-corrected chi connectivity index (χ0v) is 11.9. The number of benzene rings is 1. The van der Waals surface area contributed by atoms with Gasteiger partial charge in [0.15, 0.2) is 0 Å². The van der Waals surface area contributed by atoms with Crippen LogP contribution < -0.4 is 10.5 Å². The van der Waals surface area contributed by atoms with Crippen molar-refractivity contribution in [3.8, 4) is 11.6 Å². The van der Waals surface area contributed by atoms with Crippen molar-refractivity contribution in [2.45, 2.75) is 19.9 Å². The third-order valence-corrected chi connectivity index (χ3v) is 3.21. The third kappa shape index (κ3) is 3.09. The molecule has 0 saturated heterocycles. The first-order chi connectivity index (χ1) is 8.56. The second-order valence-corrected chi connectivity index (χ2v) is 5.11. The largest absolute Gasteiger partial charge is 0.438 e.